The SMILES string of the molecule is O=C(NCCn1nc(-c2cccs2)ccc1=O)Nc1ccccc1C(F)(F)F. The number of carbonyl (C=O) groups excluding carboxylic acids is 1. The molecule has 2 heterocycles. The van der Waals surface area contributed by atoms with E-state index < -0.39 is 17.8 Å². The molecular formula is C18H15F3N4O2S. The van der Waals surface area contributed by atoms with Crippen LogP contribution in [0.25, 0.3) is 10.6 Å². The Morgan fingerprint density at radius 3 is 2.61 bits per heavy atom. The zero-order valence-corrected chi connectivity index (χ0v) is 15.2. The van der Waals surface area contributed by atoms with Gasteiger partial charge in [0.1, 0.15) is 5.69 Å². The molecule has 10 heteroatoms. The number of carbonyl (C=O) groups is 1. The van der Waals surface area contributed by atoms with E-state index in [0.29, 0.717) is 5.69 Å². The van der Waals surface area contributed by atoms with Crippen LogP contribution in [0.5, 0.6) is 0 Å². The molecule has 3 rings (SSSR count). The molecule has 3 aromatic rings. The molecule has 2 amide bonds. The average Bonchev–Trinajstić information content (AvgIpc) is 3.17. The van der Waals surface area contributed by atoms with Crippen molar-refractivity contribution in [3.63, 3.8) is 0 Å². The molecule has 1 aromatic carbocycles. The number of amides is 2. The van der Waals surface area contributed by atoms with Crippen LogP contribution in [-0.2, 0) is 12.7 Å². The van der Waals surface area contributed by atoms with Gasteiger partial charge in [-0.25, -0.2) is 9.48 Å². The lowest BCUT2D eigenvalue weighted by atomic mass is 10.1. The van der Waals surface area contributed by atoms with E-state index in [1.54, 1.807) is 6.07 Å². The van der Waals surface area contributed by atoms with Crippen LogP contribution in [0.2, 0.25) is 0 Å². The Morgan fingerprint density at radius 1 is 1.11 bits per heavy atom. The van der Waals surface area contributed by atoms with E-state index in [1.807, 2.05) is 17.5 Å². The highest BCUT2D eigenvalue weighted by atomic mass is 32.1. The molecular weight excluding hydrogens is 393 g/mol. The summed E-state index contributed by atoms with van der Waals surface area (Å²) in [5, 5.41) is 10.7. The number of halogens is 3. The third kappa shape index (κ3) is 4.77. The lowest BCUT2D eigenvalue weighted by Gasteiger charge is -2.14. The molecule has 146 valence electrons. The van der Waals surface area contributed by atoms with Crippen molar-refractivity contribution >= 4 is 23.1 Å². The Bertz CT molecular complexity index is 1020. The van der Waals surface area contributed by atoms with Crippen molar-refractivity contribution in [3.05, 3.63) is 69.8 Å². The summed E-state index contributed by atoms with van der Waals surface area (Å²) in [5.41, 5.74) is -1.00. The molecule has 0 saturated carbocycles. The molecule has 0 fully saturated rings. The van der Waals surface area contributed by atoms with Gasteiger partial charge in [0.15, 0.2) is 0 Å². The zero-order valence-electron chi connectivity index (χ0n) is 14.4. The molecule has 2 N–H and O–H groups in total. The maximum atomic E-state index is 13.0. The normalized spacial score (nSPS) is 11.2. The number of rotatable bonds is 5. The maximum absolute atomic E-state index is 13.0. The minimum Gasteiger partial charge on any atom is -0.336 e. The summed E-state index contributed by atoms with van der Waals surface area (Å²) in [4.78, 5) is 24.7. The number of nitrogens with one attached hydrogen (secondary N) is 2. The average molecular weight is 408 g/mol. The zero-order chi connectivity index (χ0) is 20.1. The van der Waals surface area contributed by atoms with Gasteiger partial charge in [-0.3, -0.25) is 4.79 Å². The van der Waals surface area contributed by atoms with Crippen LogP contribution >= 0.6 is 11.3 Å². The molecule has 0 atom stereocenters. The van der Waals surface area contributed by atoms with E-state index in [4.69, 9.17) is 0 Å². The summed E-state index contributed by atoms with van der Waals surface area (Å²) in [6.45, 7) is 0.0905. The summed E-state index contributed by atoms with van der Waals surface area (Å²) >= 11 is 1.47. The van der Waals surface area contributed by atoms with Crippen LogP contribution < -0.4 is 16.2 Å². The third-order valence-corrected chi connectivity index (χ3v) is 4.62. The van der Waals surface area contributed by atoms with Gasteiger partial charge in [0.2, 0.25) is 0 Å². The highest BCUT2D eigenvalue weighted by Gasteiger charge is 2.33. The minimum absolute atomic E-state index is 0.0147. The van der Waals surface area contributed by atoms with E-state index in [9.17, 15) is 22.8 Å². The number of thiophene rings is 1. The van der Waals surface area contributed by atoms with Gasteiger partial charge in [-0.2, -0.15) is 18.3 Å². The highest BCUT2D eigenvalue weighted by Crippen LogP contribution is 2.34. The maximum Gasteiger partial charge on any atom is 0.418 e. The Hall–Kier alpha value is -3.14. The second-order valence-corrected chi connectivity index (χ2v) is 6.63. The first kappa shape index (κ1) is 19.6. The van der Waals surface area contributed by atoms with Crippen molar-refractivity contribution in [1.29, 1.82) is 0 Å². The Labute approximate surface area is 161 Å². The largest absolute Gasteiger partial charge is 0.418 e. The quantitative estimate of drug-likeness (QED) is 0.674. The standard InChI is InChI=1S/C18H15F3N4O2S/c19-18(20,21)12-4-1-2-5-13(12)23-17(27)22-9-10-25-16(26)8-7-14(24-25)15-6-3-11-28-15/h1-8,11H,9-10H2,(H2,22,23,27). The topological polar surface area (TPSA) is 76.0 Å². The first-order valence-electron chi connectivity index (χ1n) is 8.18. The van der Waals surface area contributed by atoms with Gasteiger partial charge in [0, 0.05) is 12.6 Å². The molecule has 0 aliphatic heterocycles. The predicted octanol–water partition coefficient (Wildman–Crippen LogP) is 3.81. The van der Waals surface area contributed by atoms with Gasteiger partial charge in [-0.1, -0.05) is 18.2 Å². The molecule has 0 bridgehead atoms. The number of alkyl halides is 3. The number of benzene rings is 1. The smallest absolute Gasteiger partial charge is 0.336 e. The number of hydrogen-bond donors (Lipinski definition) is 2. The van der Waals surface area contributed by atoms with Crippen molar-refractivity contribution in [2.45, 2.75) is 12.7 Å². The highest BCUT2D eigenvalue weighted by molar-refractivity contribution is 7.13. The fourth-order valence-corrected chi connectivity index (χ4v) is 3.14. The van der Waals surface area contributed by atoms with Crippen LogP contribution in [0.3, 0.4) is 0 Å². The molecule has 0 radical (unpaired) electrons. The molecule has 28 heavy (non-hydrogen) atoms. The summed E-state index contributed by atoms with van der Waals surface area (Å²) in [6, 6.07) is 10.6. The minimum atomic E-state index is -4.58. The lowest BCUT2D eigenvalue weighted by Crippen LogP contribution is -2.34. The monoisotopic (exact) mass is 408 g/mol. The van der Waals surface area contributed by atoms with E-state index in [2.05, 4.69) is 15.7 Å². The summed E-state index contributed by atoms with van der Waals surface area (Å²) in [6.07, 6.45) is -4.58. The van der Waals surface area contributed by atoms with Gasteiger partial charge in [0.05, 0.1) is 22.7 Å². The van der Waals surface area contributed by atoms with Crippen molar-refractivity contribution in [2.24, 2.45) is 0 Å². The van der Waals surface area contributed by atoms with Gasteiger partial charge >= 0.3 is 12.2 Å². The van der Waals surface area contributed by atoms with Crippen molar-refractivity contribution in [3.8, 4) is 10.6 Å². The van der Waals surface area contributed by atoms with Crippen LogP contribution in [-0.4, -0.2) is 22.4 Å². The van der Waals surface area contributed by atoms with Crippen LogP contribution in [0, 0.1) is 0 Å². The fraction of sp³-hybridized carbons (Fsp3) is 0.167. The first-order valence-corrected chi connectivity index (χ1v) is 9.06. The Balaban J connectivity index is 1.61. The van der Waals surface area contributed by atoms with E-state index in [1.165, 1.54) is 40.3 Å². The van der Waals surface area contributed by atoms with E-state index >= 15 is 0 Å². The second kappa shape index (κ2) is 8.26. The molecule has 2 aromatic heterocycles. The second-order valence-electron chi connectivity index (χ2n) is 5.68. The molecule has 0 saturated heterocycles. The Kier molecular flexibility index (Phi) is 5.78. The number of urea groups is 1. The number of anilines is 1. The first-order chi connectivity index (χ1) is 13.3. The lowest BCUT2D eigenvalue weighted by molar-refractivity contribution is -0.136. The molecule has 0 aliphatic rings. The fourth-order valence-electron chi connectivity index (χ4n) is 2.45. The van der Waals surface area contributed by atoms with Crippen molar-refractivity contribution in [2.75, 3.05) is 11.9 Å². The van der Waals surface area contributed by atoms with Crippen molar-refractivity contribution in [1.82, 2.24) is 15.1 Å². The molecule has 0 spiro atoms. The Morgan fingerprint density at radius 2 is 1.89 bits per heavy atom. The summed E-state index contributed by atoms with van der Waals surface area (Å²) < 4.78 is 40.1. The van der Waals surface area contributed by atoms with E-state index in [-0.39, 0.29) is 24.3 Å². The number of aromatic nitrogens is 2. The van der Waals surface area contributed by atoms with E-state index in [0.717, 1.165) is 10.9 Å². The predicted molar refractivity (Wildman–Crippen MR) is 100 cm³/mol. The van der Waals surface area contributed by atoms with Crippen LogP contribution in [0.1, 0.15) is 5.56 Å². The van der Waals surface area contributed by atoms with Gasteiger partial charge in [-0.15, -0.1) is 11.3 Å². The third-order valence-electron chi connectivity index (χ3n) is 3.73. The van der Waals surface area contributed by atoms with Gasteiger partial charge in [0.25, 0.3) is 5.56 Å². The van der Waals surface area contributed by atoms with Crippen LogP contribution in [0.4, 0.5) is 23.7 Å². The number of para-hydroxylation sites is 1. The summed E-state index contributed by atoms with van der Waals surface area (Å²) in [7, 11) is 0. The molecule has 0 aliphatic carbocycles. The molecule has 0 unspecified atom stereocenters. The van der Waals surface area contributed by atoms with Crippen LogP contribution in [0.15, 0.2) is 58.7 Å². The number of nitrogens with zero attached hydrogens (tertiary/aromatic N) is 2. The molecule has 6 nitrogen and oxygen atoms in total. The van der Waals surface area contributed by atoms with Gasteiger partial charge in [-0.05, 0) is 29.6 Å². The van der Waals surface area contributed by atoms with Crippen molar-refractivity contribution < 1.29 is 18.0 Å². The summed E-state index contributed by atoms with van der Waals surface area (Å²) in [5.74, 6) is 0. The van der Waals surface area contributed by atoms with Gasteiger partial charge < -0.3 is 10.6 Å². The number of hydrogen-bond acceptors (Lipinski definition) is 4.